The summed E-state index contributed by atoms with van der Waals surface area (Å²) in [7, 11) is 2.70. The molecule has 0 bridgehead atoms. The molecule has 0 radical (unpaired) electrons. The molecule has 2 amide bonds. The Morgan fingerprint density at radius 2 is 1.73 bits per heavy atom. The molecule has 0 aliphatic rings. The molecule has 0 fully saturated rings. The van der Waals surface area contributed by atoms with Crippen LogP contribution in [0.25, 0.3) is 0 Å². The maximum absolute atomic E-state index is 12.7. The van der Waals surface area contributed by atoms with E-state index in [1.54, 1.807) is 0 Å². The first-order valence-electron chi connectivity index (χ1n) is 10.3. The van der Waals surface area contributed by atoms with Crippen LogP contribution in [0.3, 0.4) is 0 Å². The maximum Gasteiger partial charge on any atom is 0.286 e. The van der Waals surface area contributed by atoms with E-state index in [1.165, 1.54) is 25.7 Å². The largest absolute Gasteiger partial charge is 0.493 e. The van der Waals surface area contributed by atoms with Crippen LogP contribution in [0.1, 0.15) is 48.5 Å². The van der Waals surface area contributed by atoms with E-state index in [-0.39, 0.29) is 33.8 Å². The highest BCUT2D eigenvalue weighted by molar-refractivity contribution is 7.14. The number of hydrogen-bond acceptors (Lipinski definition) is 9. The molecule has 2 N–H and O–H groups in total. The number of nitro groups is 1. The summed E-state index contributed by atoms with van der Waals surface area (Å²) in [6.45, 7) is 9.53. The number of carbonyl (C=O) groups is 2. The molecule has 0 spiro atoms. The summed E-state index contributed by atoms with van der Waals surface area (Å²) < 4.78 is 10.2. The van der Waals surface area contributed by atoms with E-state index in [9.17, 15) is 19.7 Å². The predicted molar refractivity (Wildman–Crippen MR) is 126 cm³/mol. The van der Waals surface area contributed by atoms with Crippen LogP contribution in [0.2, 0.25) is 0 Å². The van der Waals surface area contributed by atoms with Crippen molar-refractivity contribution in [1.82, 2.24) is 15.2 Å². The molecule has 180 valence electrons. The van der Waals surface area contributed by atoms with Crippen LogP contribution in [-0.4, -0.2) is 66.0 Å². The number of nitro benzene ring substituents is 1. The standard InChI is InChI=1S/C21H29N5O6S/c1-12(2)25(13(3)4)8-7-22-20(28)15-11-33-21(23-15)24-19(27)14-9-17(31-5)18(32-6)10-16(14)26(29)30/h9-13H,7-8H2,1-6H3,(H,22,28)(H,23,24,27). The lowest BCUT2D eigenvalue weighted by molar-refractivity contribution is -0.385. The summed E-state index contributed by atoms with van der Waals surface area (Å²) >= 11 is 1.04. The third kappa shape index (κ3) is 6.62. The second-order valence-electron chi connectivity index (χ2n) is 7.65. The zero-order valence-electron chi connectivity index (χ0n) is 19.5. The molecule has 33 heavy (non-hydrogen) atoms. The molecule has 0 unspecified atom stereocenters. The lowest BCUT2D eigenvalue weighted by Crippen LogP contribution is -2.42. The third-order valence-electron chi connectivity index (χ3n) is 4.88. The molecule has 12 heteroatoms. The molecule has 0 saturated heterocycles. The van der Waals surface area contributed by atoms with Gasteiger partial charge in [-0.2, -0.15) is 0 Å². The van der Waals surface area contributed by atoms with Crippen LogP contribution >= 0.6 is 11.3 Å². The van der Waals surface area contributed by atoms with Crippen LogP contribution in [-0.2, 0) is 0 Å². The molecule has 11 nitrogen and oxygen atoms in total. The van der Waals surface area contributed by atoms with Gasteiger partial charge in [0.25, 0.3) is 17.5 Å². The highest BCUT2D eigenvalue weighted by Crippen LogP contribution is 2.35. The molecule has 2 aromatic rings. The number of amides is 2. The Hall–Kier alpha value is -3.25. The molecule has 0 saturated carbocycles. The number of hydrogen-bond donors (Lipinski definition) is 2. The smallest absolute Gasteiger partial charge is 0.286 e. The molecule has 0 aliphatic carbocycles. The molecule has 2 rings (SSSR count). The lowest BCUT2D eigenvalue weighted by atomic mass is 10.1. The first-order chi connectivity index (χ1) is 15.6. The minimum Gasteiger partial charge on any atom is -0.493 e. The highest BCUT2D eigenvalue weighted by atomic mass is 32.1. The summed E-state index contributed by atoms with van der Waals surface area (Å²) in [6.07, 6.45) is 0. The highest BCUT2D eigenvalue weighted by Gasteiger charge is 2.25. The number of aromatic nitrogens is 1. The van der Waals surface area contributed by atoms with Crippen molar-refractivity contribution in [3.63, 3.8) is 0 Å². The van der Waals surface area contributed by atoms with E-state index in [4.69, 9.17) is 9.47 Å². The Balaban J connectivity index is 2.09. The summed E-state index contributed by atoms with van der Waals surface area (Å²) in [5, 5.41) is 18.4. The van der Waals surface area contributed by atoms with Crippen LogP contribution in [0.4, 0.5) is 10.8 Å². The van der Waals surface area contributed by atoms with Crippen LogP contribution in [0.5, 0.6) is 11.5 Å². The van der Waals surface area contributed by atoms with E-state index in [0.717, 1.165) is 17.4 Å². The predicted octanol–water partition coefficient (Wildman–Crippen LogP) is 3.17. The Labute approximate surface area is 196 Å². The van der Waals surface area contributed by atoms with Crippen molar-refractivity contribution in [2.75, 3.05) is 32.6 Å². The number of carbonyl (C=O) groups excluding carboxylic acids is 2. The molecule has 0 aliphatic heterocycles. The molecular formula is C21H29N5O6S. The molecule has 1 aromatic carbocycles. The van der Waals surface area contributed by atoms with Crippen molar-refractivity contribution in [3.8, 4) is 11.5 Å². The van der Waals surface area contributed by atoms with Gasteiger partial charge in [0.15, 0.2) is 16.6 Å². The van der Waals surface area contributed by atoms with Gasteiger partial charge in [0.2, 0.25) is 0 Å². The maximum atomic E-state index is 12.7. The Bertz CT molecular complexity index is 999. The minimum atomic E-state index is -0.756. The van der Waals surface area contributed by atoms with Gasteiger partial charge in [0.05, 0.1) is 25.2 Å². The van der Waals surface area contributed by atoms with Gasteiger partial charge >= 0.3 is 0 Å². The molecule has 1 aromatic heterocycles. The van der Waals surface area contributed by atoms with Gasteiger partial charge in [-0.05, 0) is 27.7 Å². The van der Waals surface area contributed by atoms with Gasteiger partial charge in [-0.1, -0.05) is 0 Å². The fourth-order valence-electron chi connectivity index (χ4n) is 3.30. The number of nitrogens with one attached hydrogen (secondary N) is 2. The van der Waals surface area contributed by atoms with Gasteiger partial charge in [-0.15, -0.1) is 11.3 Å². The van der Waals surface area contributed by atoms with Gasteiger partial charge in [-0.3, -0.25) is 29.9 Å². The van der Waals surface area contributed by atoms with E-state index < -0.39 is 16.5 Å². The first kappa shape index (κ1) is 26.0. The monoisotopic (exact) mass is 479 g/mol. The van der Waals surface area contributed by atoms with Gasteiger partial charge < -0.3 is 14.8 Å². The van der Waals surface area contributed by atoms with Gasteiger partial charge in [-0.25, -0.2) is 4.98 Å². The molecule has 0 atom stereocenters. The Morgan fingerprint density at radius 1 is 1.12 bits per heavy atom. The zero-order valence-corrected chi connectivity index (χ0v) is 20.3. The quantitative estimate of drug-likeness (QED) is 0.370. The second-order valence-corrected chi connectivity index (χ2v) is 8.51. The second kappa shape index (κ2) is 11.6. The normalized spacial score (nSPS) is 11.1. The Morgan fingerprint density at radius 3 is 2.27 bits per heavy atom. The fourth-order valence-corrected chi connectivity index (χ4v) is 3.99. The number of benzene rings is 1. The molecular weight excluding hydrogens is 450 g/mol. The van der Waals surface area contributed by atoms with Crippen molar-refractivity contribution in [2.24, 2.45) is 0 Å². The van der Waals surface area contributed by atoms with Crippen molar-refractivity contribution < 1.29 is 24.0 Å². The fraction of sp³-hybridized carbons (Fsp3) is 0.476. The Kier molecular flexibility index (Phi) is 9.12. The van der Waals surface area contributed by atoms with E-state index in [2.05, 4.69) is 48.2 Å². The van der Waals surface area contributed by atoms with Crippen molar-refractivity contribution in [1.29, 1.82) is 0 Å². The lowest BCUT2D eigenvalue weighted by Gasteiger charge is -2.30. The number of nitrogens with zero attached hydrogens (tertiary/aromatic N) is 3. The van der Waals surface area contributed by atoms with Gasteiger partial charge in [0.1, 0.15) is 11.3 Å². The summed E-state index contributed by atoms with van der Waals surface area (Å²) in [5.41, 5.74) is -0.515. The van der Waals surface area contributed by atoms with Crippen LogP contribution in [0.15, 0.2) is 17.5 Å². The van der Waals surface area contributed by atoms with Crippen LogP contribution < -0.4 is 20.1 Å². The van der Waals surface area contributed by atoms with Crippen molar-refractivity contribution >= 4 is 34.0 Å². The summed E-state index contributed by atoms with van der Waals surface area (Å²) in [4.78, 5) is 42.3. The van der Waals surface area contributed by atoms with Crippen molar-refractivity contribution in [2.45, 2.75) is 39.8 Å². The van der Waals surface area contributed by atoms with E-state index in [0.29, 0.717) is 25.2 Å². The number of thiazole rings is 1. The molecule has 1 heterocycles. The topological polar surface area (TPSA) is 136 Å². The van der Waals surface area contributed by atoms with Crippen LogP contribution in [0, 0.1) is 10.1 Å². The zero-order chi connectivity index (χ0) is 24.7. The summed E-state index contributed by atoms with van der Waals surface area (Å²) in [5.74, 6) is -0.823. The van der Waals surface area contributed by atoms with Crippen molar-refractivity contribution in [3.05, 3.63) is 38.9 Å². The van der Waals surface area contributed by atoms with E-state index in [1.807, 2.05) is 0 Å². The van der Waals surface area contributed by atoms with E-state index >= 15 is 0 Å². The third-order valence-corrected chi connectivity index (χ3v) is 5.64. The summed E-state index contributed by atoms with van der Waals surface area (Å²) in [6, 6.07) is 3.04. The number of ether oxygens (including phenoxy) is 2. The number of methoxy groups -OCH3 is 2. The first-order valence-corrected chi connectivity index (χ1v) is 11.2. The average Bonchev–Trinajstić information content (AvgIpc) is 3.23. The average molecular weight is 480 g/mol. The number of rotatable bonds is 11. The minimum absolute atomic E-state index is 0.127. The van der Waals surface area contributed by atoms with Gasteiger partial charge in [0, 0.05) is 36.6 Å². The SMILES string of the molecule is COc1cc(C(=O)Nc2nc(C(=O)NCCN(C(C)C)C(C)C)cs2)c([N+](=O)[O-])cc1OC. The number of anilines is 1.